The van der Waals surface area contributed by atoms with Crippen LogP contribution in [0.4, 0.5) is 0 Å². The fourth-order valence-electron chi connectivity index (χ4n) is 2.78. The van der Waals surface area contributed by atoms with Crippen LogP contribution in [0, 0.1) is 0 Å². The Hall–Kier alpha value is -2.24. The highest BCUT2D eigenvalue weighted by Gasteiger charge is 2.51. The Kier molecular flexibility index (Phi) is 16.1. The van der Waals surface area contributed by atoms with Crippen molar-refractivity contribution >= 4 is 23.9 Å². The second kappa shape index (κ2) is 17.3. The van der Waals surface area contributed by atoms with E-state index >= 15 is 0 Å². The summed E-state index contributed by atoms with van der Waals surface area (Å²) >= 11 is 0. The molecular formula is C21H36O11. The zero-order chi connectivity index (χ0) is 24.5. The maximum absolute atomic E-state index is 11.5. The molecule has 1 fully saturated rings. The van der Waals surface area contributed by atoms with Crippen LogP contribution in [0.25, 0.3) is 0 Å². The van der Waals surface area contributed by atoms with Gasteiger partial charge in [-0.05, 0) is 6.42 Å². The summed E-state index contributed by atoms with van der Waals surface area (Å²) in [5.41, 5.74) is 0. The van der Waals surface area contributed by atoms with Gasteiger partial charge in [-0.25, -0.2) is 9.78 Å². The van der Waals surface area contributed by atoms with Crippen molar-refractivity contribution in [3.8, 4) is 0 Å². The Bertz CT molecular complexity index is 574. The molecule has 0 radical (unpaired) electrons. The molecule has 1 heterocycles. The monoisotopic (exact) mass is 464 g/mol. The van der Waals surface area contributed by atoms with Crippen molar-refractivity contribution in [3.63, 3.8) is 0 Å². The average Bonchev–Trinajstić information content (AvgIpc) is 2.97. The lowest BCUT2D eigenvalue weighted by atomic mass is 10.1. The van der Waals surface area contributed by atoms with Crippen molar-refractivity contribution < 1.29 is 53.0 Å². The summed E-state index contributed by atoms with van der Waals surface area (Å²) in [5.74, 6) is -2.54. The van der Waals surface area contributed by atoms with Gasteiger partial charge >= 0.3 is 17.9 Å². The number of hydrogen-bond acceptors (Lipinski definition) is 10. The fourth-order valence-corrected chi connectivity index (χ4v) is 2.78. The predicted molar refractivity (Wildman–Crippen MR) is 110 cm³/mol. The number of ether oxygens (including phenoxy) is 4. The van der Waals surface area contributed by atoms with Crippen LogP contribution in [0.2, 0.25) is 0 Å². The average molecular weight is 465 g/mol. The molecule has 0 saturated carbocycles. The molecule has 0 aliphatic carbocycles. The minimum Gasteiger partial charge on any atom is -0.481 e. The maximum Gasteiger partial charge on any atom is 0.305 e. The molecule has 1 aliphatic heterocycles. The maximum atomic E-state index is 11.5. The van der Waals surface area contributed by atoms with Crippen molar-refractivity contribution in [2.45, 2.75) is 97.7 Å². The minimum absolute atomic E-state index is 0.157. The quantitative estimate of drug-likeness (QED) is 0.141. The summed E-state index contributed by atoms with van der Waals surface area (Å²) in [6.45, 7) is 7.13. The van der Waals surface area contributed by atoms with Gasteiger partial charge in [0.1, 0.15) is 12.7 Å². The van der Waals surface area contributed by atoms with Gasteiger partial charge in [0.05, 0.1) is 6.61 Å². The number of hydrogen-bond donors (Lipinski definition) is 1. The highest BCUT2D eigenvalue weighted by atomic mass is 17.2. The summed E-state index contributed by atoms with van der Waals surface area (Å²) in [5, 5.41) is 7.42. The molecule has 4 atom stereocenters. The summed E-state index contributed by atoms with van der Waals surface area (Å²) in [6, 6.07) is 0. The third kappa shape index (κ3) is 14.7. The molecule has 0 aromatic heterocycles. The van der Waals surface area contributed by atoms with Crippen LogP contribution in [-0.4, -0.2) is 66.8 Å². The summed E-state index contributed by atoms with van der Waals surface area (Å²) in [7, 11) is 0. The number of carbonyl (C=O) groups is 4. The van der Waals surface area contributed by atoms with E-state index < -0.39 is 48.5 Å². The number of aliphatic carboxylic acids is 1. The zero-order valence-corrected chi connectivity index (χ0v) is 19.5. The van der Waals surface area contributed by atoms with Crippen molar-refractivity contribution in [2.24, 2.45) is 0 Å². The van der Waals surface area contributed by atoms with E-state index in [2.05, 4.69) is 6.92 Å². The number of rotatable bonds is 13. The highest BCUT2D eigenvalue weighted by molar-refractivity contribution is 5.67. The third-order valence-corrected chi connectivity index (χ3v) is 4.06. The van der Waals surface area contributed by atoms with E-state index in [0.29, 0.717) is 6.61 Å². The first kappa shape index (κ1) is 29.8. The van der Waals surface area contributed by atoms with E-state index in [1.807, 2.05) is 0 Å². The Morgan fingerprint density at radius 3 is 1.91 bits per heavy atom. The molecule has 11 heteroatoms. The Morgan fingerprint density at radius 2 is 1.38 bits per heavy atom. The van der Waals surface area contributed by atoms with Gasteiger partial charge in [-0.1, -0.05) is 39.0 Å². The molecule has 32 heavy (non-hydrogen) atoms. The van der Waals surface area contributed by atoms with E-state index in [4.69, 9.17) is 38.6 Å². The minimum atomic E-state index is -1.18. The SMILES string of the molecule is CC(=O)O.CCCCCCCCOO[C@H]1[C@@H](COC(C)=O)OC(OC(C)=O)[C@@H]1OC(C)=O. The summed E-state index contributed by atoms with van der Waals surface area (Å²) in [6.07, 6.45) is 2.62. The number of unbranched alkanes of at least 4 members (excludes halogenated alkanes) is 5. The van der Waals surface area contributed by atoms with Gasteiger partial charge in [-0.3, -0.25) is 19.2 Å². The highest BCUT2D eigenvalue weighted by Crippen LogP contribution is 2.28. The lowest BCUT2D eigenvalue weighted by molar-refractivity contribution is -0.341. The molecule has 186 valence electrons. The van der Waals surface area contributed by atoms with Gasteiger partial charge < -0.3 is 24.1 Å². The van der Waals surface area contributed by atoms with Crippen LogP contribution in [0.1, 0.15) is 73.1 Å². The van der Waals surface area contributed by atoms with E-state index in [0.717, 1.165) is 26.2 Å². The Balaban J connectivity index is 0.00000220. The van der Waals surface area contributed by atoms with E-state index in [-0.39, 0.29) is 6.61 Å². The van der Waals surface area contributed by atoms with E-state index in [1.54, 1.807) is 0 Å². The standard InChI is InChI=1S/C19H32O9.C2H4O2/c1-5-6-7-8-9-10-11-24-28-17-16(12-23-13(2)20)27-19(26-15(4)22)18(17)25-14(3)21;1-2(3)4/h16-19H,5-12H2,1-4H3;1H3,(H,3,4)/t16-,17+,18-,19?;/m1./s1. The van der Waals surface area contributed by atoms with Gasteiger partial charge in [-0.2, -0.15) is 0 Å². The predicted octanol–water partition coefficient (Wildman–Crippen LogP) is 2.54. The topological polar surface area (TPSA) is 144 Å². The Morgan fingerprint density at radius 1 is 0.812 bits per heavy atom. The molecule has 11 nitrogen and oxygen atoms in total. The van der Waals surface area contributed by atoms with Gasteiger partial charge in [-0.15, -0.1) is 0 Å². The summed E-state index contributed by atoms with van der Waals surface area (Å²) < 4.78 is 20.8. The van der Waals surface area contributed by atoms with E-state index in [9.17, 15) is 14.4 Å². The second-order valence-corrected chi connectivity index (χ2v) is 7.20. The molecule has 1 unspecified atom stereocenters. The van der Waals surface area contributed by atoms with Gasteiger partial charge in [0.15, 0.2) is 12.2 Å². The lowest BCUT2D eigenvalue weighted by Crippen LogP contribution is -2.41. The lowest BCUT2D eigenvalue weighted by Gasteiger charge is -2.22. The molecule has 1 N–H and O–H groups in total. The first-order chi connectivity index (χ1) is 15.1. The van der Waals surface area contributed by atoms with Crippen LogP contribution in [0.15, 0.2) is 0 Å². The Labute approximate surface area is 188 Å². The first-order valence-corrected chi connectivity index (χ1v) is 10.7. The van der Waals surface area contributed by atoms with Crippen LogP contribution in [0.5, 0.6) is 0 Å². The van der Waals surface area contributed by atoms with Crippen molar-refractivity contribution in [1.29, 1.82) is 0 Å². The van der Waals surface area contributed by atoms with Crippen LogP contribution in [-0.2, 0) is 47.9 Å². The fraction of sp³-hybridized carbons (Fsp3) is 0.810. The molecule has 0 aromatic carbocycles. The van der Waals surface area contributed by atoms with E-state index in [1.165, 1.54) is 40.0 Å². The zero-order valence-electron chi connectivity index (χ0n) is 19.5. The van der Waals surface area contributed by atoms with Gasteiger partial charge in [0.25, 0.3) is 5.97 Å². The molecule has 1 rings (SSSR count). The number of carboxylic acids is 1. The molecule has 0 amide bonds. The van der Waals surface area contributed by atoms with Crippen molar-refractivity contribution in [1.82, 2.24) is 0 Å². The normalized spacial score (nSPS) is 21.8. The van der Waals surface area contributed by atoms with Crippen LogP contribution in [0.3, 0.4) is 0 Å². The van der Waals surface area contributed by atoms with Crippen molar-refractivity contribution in [3.05, 3.63) is 0 Å². The number of esters is 3. The first-order valence-electron chi connectivity index (χ1n) is 10.7. The smallest absolute Gasteiger partial charge is 0.305 e. The molecule has 1 aliphatic rings. The summed E-state index contributed by atoms with van der Waals surface area (Å²) in [4.78, 5) is 53.6. The molecule has 0 spiro atoms. The van der Waals surface area contributed by atoms with Crippen LogP contribution < -0.4 is 0 Å². The number of carboxylic acid groups (broad SMARTS) is 1. The molecule has 1 saturated heterocycles. The van der Waals surface area contributed by atoms with Crippen molar-refractivity contribution in [2.75, 3.05) is 13.2 Å². The largest absolute Gasteiger partial charge is 0.481 e. The molecule has 0 aromatic rings. The molecule has 0 bridgehead atoms. The van der Waals surface area contributed by atoms with Gasteiger partial charge in [0, 0.05) is 27.7 Å². The van der Waals surface area contributed by atoms with Gasteiger partial charge in [0.2, 0.25) is 6.29 Å². The second-order valence-electron chi connectivity index (χ2n) is 7.20. The van der Waals surface area contributed by atoms with Crippen LogP contribution >= 0.6 is 0 Å². The third-order valence-electron chi connectivity index (χ3n) is 4.06. The number of carbonyl (C=O) groups excluding carboxylic acids is 3. The molecular weight excluding hydrogens is 428 g/mol.